The fourth-order valence-corrected chi connectivity index (χ4v) is 3.02. The van der Waals surface area contributed by atoms with Gasteiger partial charge < -0.3 is 14.7 Å². The van der Waals surface area contributed by atoms with Crippen LogP contribution in [0.2, 0.25) is 0 Å². The van der Waals surface area contributed by atoms with Gasteiger partial charge in [0.05, 0.1) is 10.8 Å². The molecule has 9 heteroatoms. The van der Waals surface area contributed by atoms with E-state index in [-0.39, 0.29) is 17.3 Å². The highest BCUT2D eigenvalue weighted by atomic mass is 32.2. The van der Waals surface area contributed by atoms with Crippen molar-refractivity contribution in [3.8, 4) is 5.75 Å². The summed E-state index contributed by atoms with van der Waals surface area (Å²) in [6.07, 6.45) is 0. The summed E-state index contributed by atoms with van der Waals surface area (Å²) >= 11 is 1.34. The molecule has 1 saturated heterocycles. The van der Waals surface area contributed by atoms with Crippen molar-refractivity contribution in [1.29, 1.82) is 0 Å². The van der Waals surface area contributed by atoms with E-state index in [4.69, 9.17) is 9.84 Å². The van der Waals surface area contributed by atoms with Crippen LogP contribution >= 0.6 is 11.8 Å². The fraction of sp³-hybridized carbons (Fsp3) is 0.333. The Balaban J connectivity index is 2.02. The van der Waals surface area contributed by atoms with E-state index in [1.165, 1.54) is 34.9 Å². The highest BCUT2D eigenvalue weighted by molar-refractivity contribution is 7.99. The summed E-state index contributed by atoms with van der Waals surface area (Å²) < 4.78 is 5.17. The molecular formula is C12H12N2O6S. The van der Waals surface area contributed by atoms with E-state index in [9.17, 15) is 19.7 Å². The van der Waals surface area contributed by atoms with Crippen molar-refractivity contribution in [2.24, 2.45) is 0 Å². The van der Waals surface area contributed by atoms with Gasteiger partial charge in [-0.3, -0.25) is 14.9 Å². The summed E-state index contributed by atoms with van der Waals surface area (Å²) in [6.45, 7) is -0.435. The topological polar surface area (TPSA) is 110 Å². The Morgan fingerprint density at radius 3 is 2.86 bits per heavy atom. The van der Waals surface area contributed by atoms with Gasteiger partial charge in [-0.25, -0.2) is 4.79 Å². The minimum Gasteiger partial charge on any atom is -0.480 e. The summed E-state index contributed by atoms with van der Waals surface area (Å²) in [7, 11) is 0. The van der Waals surface area contributed by atoms with E-state index in [1.54, 1.807) is 6.07 Å². The third kappa shape index (κ3) is 3.43. The van der Waals surface area contributed by atoms with Gasteiger partial charge in [0.2, 0.25) is 0 Å². The lowest BCUT2D eigenvalue weighted by Gasteiger charge is -2.20. The molecular weight excluding hydrogens is 300 g/mol. The van der Waals surface area contributed by atoms with Crippen LogP contribution in [0.15, 0.2) is 24.3 Å². The molecule has 0 unspecified atom stereocenters. The van der Waals surface area contributed by atoms with E-state index < -0.39 is 29.4 Å². The summed E-state index contributed by atoms with van der Waals surface area (Å²) in [4.78, 5) is 34.4. The van der Waals surface area contributed by atoms with Crippen molar-refractivity contribution >= 4 is 29.3 Å². The number of hydrogen-bond acceptors (Lipinski definition) is 6. The van der Waals surface area contributed by atoms with Crippen LogP contribution in [0.1, 0.15) is 0 Å². The highest BCUT2D eigenvalue weighted by Crippen LogP contribution is 2.26. The van der Waals surface area contributed by atoms with Crippen molar-refractivity contribution in [2.45, 2.75) is 6.04 Å². The fourth-order valence-electron chi connectivity index (χ4n) is 1.85. The molecule has 1 aliphatic heterocycles. The van der Waals surface area contributed by atoms with Gasteiger partial charge in [-0.05, 0) is 6.07 Å². The molecule has 1 heterocycles. The summed E-state index contributed by atoms with van der Waals surface area (Å²) in [5.74, 6) is -0.998. The van der Waals surface area contributed by atoms with E-state index in [0.29, 0.717) is 5.75 Å². The number of carboxylic acid groups (broad SMARTS) is 1. The van der Waals surface area contributed by atoms with Crippen LogP contribution < -0.4 is 4.74 Å². The number of ether oxygens (including phenoxy) is 1. The van der Waals surface area contributed by atoms with Gasteiger partial charge in [0.1, 0.15) is 6.04 Å². The maximum absolute atomic E-state index is 12.0. The molecule has 8 nitrogen and oxygen atoms in total. The number of hydrogen-bond donors (Lipinski definition) is 1. The standard InChI is InChI=1S/C12H12N2O6S/c15-11(13-7-21-6-9(13)12(16)17)5-20-10-4-2-1-3-8(10)14(18)19/h1-4,9H,5-7H2,(H,16,17)/t9-/m0/s1. The molecule has 2 rings (SSSR count). The smallest absolute Gasteiger partial charge is 0.327 e. The third-order valence-electron chi connectivity index (χ3n) is 2.90. The number of carbonyl (C=O) groups excluding carboxylic acids is 1. The van der Waals surface area contributed by atoms with Crippen molar-refractivity contribution in [3.05, 3.63) is 34.4 Å². The first kappa shape index (κ1) is 15.1. The van der Waals surface area contributed by atoms with Crippen LogP contribution in [0.25, 0.3) is 0 Å². The Morgan fingerprint density at radius 1 is 1.48 bits per heavy atom. The number of benzene rings is 1. The largest absolute Gasteiger partial charge is 0.480 e. The molecule has 0 aliphatic carbocycles. The Bertz CT molecular complexity index is 579. The van der Waals surface area contributed by atoms with Crippen molar-refractivity contribution in [2.75, 3.05) is 18.2 Å². The number of carboxylic acids is 1. The molecule has 112 valence electrons. The molecule has 0 bridgehead atoms. The zero-order chi connectivity index (χ0) is 15.4. The average molecular weight is 312 g/mol. The first-order valence-corrected chi connectivity index (χ1v) is 7.12. The summed E-state index contributed by atoms with van der Waals surface area (Å²) in [5, 5.41) is 19.8. The molecule has 1 amide bonds. The second-order valence-corrected chi connectivity index (χ2v) is 5.23. The molecule has 0 aromatic heterocycles. The number of para-hydroxylation sites is 2. The maximum Gasteiger partial charge on any atom is 0.327 e. The Hall–Kier alpha value is -2.29. The summed E-state index contributed by atoms with van der Waals surface area (Å²) in [6, 6.07) is 4.82. The van der Waals surface area contributed by atoms with Crippen LogP contribution in [0.4, 0.5) is 5.69 Å². The second-order valence-electron chi connectivity index (χ2n) is 4.23. The number of nitro groups is 1. The molecule has 1 N–H and O–H groups in total. The van der Waals surface area contributed by atoms with Crippen molar-refractivity contribution in [1.82, 2.24) is 4.90 Å². The Kier molecular flexibility index (Phi) is 4.63. The minimum absolute atomic E-state index is 0.0189. The predicted octanol–water partition coefficient (Wildman–Crippen LogP) is 0.960. The number of aliphatic carboxylic acids is 1. The zero-order valence-corrected chi connectivity index (χ0v) is 11.6. The van der Waals surface area contributed by atoms with Crippen molar-refractivity contribution in [3.63, 3.8) is 0 Å². The van der Waals surface area contributed by atoms with Crippen LogP contribution in [-0.4, -0.2) is 51.1 Å². The van der Waals surface area contributed by atoms with Crippen LogP contribution in [0, 0.1) is 10.1 Å². The quantitative estimate of drug-likeness (QED) is 0.637. The molecule has 21 heavy (non-hydrogen) atoms. The van der Waals surface area contributed by atoms with Gasteiger partial charge >= 0.3 is 11.7 Å². The van der Waals surface area contributed by atoms with Gasteiger partial charge in [0.15, 0.2) is 12.4 Å². The highest BCUT2D eigenvalue weighted by Gasteiger charge is 2.34. The molecule has 1 aliphatic rings. The Labute approximate surface area is 123 Å². The first-order valence-electron chi connectivity index (χ1n) is 5.97. The normalized spacial score (nSPS) is 17.5. The number of amides is 1. The molecule has 0 spiro atoms. The van der Waals surface area contributed by atoms with Gasteiger partial charge in [-0.1, -0.05) is 12.1 Å². The monoisotopic (exact) mass is 312 g/mol. The lowest BCUT2D eigenvalue weighted by atomic mass is 10.3. The van der Waals surface area contributed by atoms with Gasteiger partial charge in [0.25, 0.3) is 5.91 Å². The molecule has 1 fully saturated rings. The number of carbonyl (C=O) groups is 2. The molecule has 1 aromatic carbocycles. The van der Waals surface area contributed by atoms with E-state index in [0.717, 1.165) is 0 Å². The van der Waals surface area contributed by atoms with Crippen LogP contribution in [-0.2, 0) is 9.59 Å². The Morgan fingerprint density at radius 2 is 2.19 bits per heavy atom. The van der Waals surface area contributed by atoms with Gasteiger partial charge in [-0.15, -0.1) is 11.8 Å². The molecule has 0 saturated carbocycles. The van der Waals surface area contributed by atoms with Crippen LogP contribution in [0.3, 0.4) is 0 Å². The van der Waals surface area contributed by atoms with Gasteiger partial charge in [-0.2, -0.15) is 0 Å². The molecule has 0 radical (unpaired) electrons. The SMILES string of the molecule is O=C(O)[C@@H]1CSCN1C(=O)COc1ccccc1[N+](=O)[O-]. The van der Waals surface area contributed by atoms with Crippen molar-refractivity contribution < 1.29 is 24.4 Å². The molecule has 1 aromatic rings. The number of rotatable bonds is 5. The summed E-state index contributed by atoms with van der Waals surface area (Å²) in [5.41, 5.74) is -0.240. The zero-order valence-electron chi connectivity index (χ0n) is 10.8. The number of nitrogens with zero attached hydrogens (tertiary/aromatic N) is 2. The lowest BCUT2D eigenvalue weighted by Crippen LogP contribution is -2.43. The van der Waals surface area contributed by atoms with E-state index >= 15 is 0 Å². The maximum atomic E-state index is 12.0. The lowest BCUT2D eigenvalue weighted by molar-refractivity contribution is -0.385. The minimum atomic E-state index is -1.07. The second kappa shape index (κ2) is 6.44. The molecule has 1 atom stereocenters. The van der Waals surface area contributed by atoms with Gasteiger partial charge in [0, 0.05) is 11.8 Å². The van der Waals surface area contributed by atoms with E-state index in [2.05, 4.69) is 0 Å². The van der Waals surface area contributed by atoms with Crippen LogP contribution in [0.5, 0.6) is 5.75 Å². The van der Waals surface area contributed by atoms with E-state index in [1.807, 2.05) is 0 Å². The number of thioether (sulfide) groups is 1. The predicted molar refractivity (Wildman–Crippen MR) is 74.2 cm³/mol. The third-order valence-corrected chi connectivity index (χ3v) is 3.91. The first-order chi connectivity index (χ1) is 10.0. The average Bonchev–Trinajstić information content (AvgIpc) is 2.94. The number of nitro benzene ring substituents is 1.